The number of nitrogens with zero attached hydrogens (tertiary/aromatic N) is 4. The summed E-state index contributed by atoms with van der Waals surface area (Å²) in [6.45, 7) is 7.22. The van der Waals surface area contributed by atoms with Gasteiger partial charge in [0.05, 0.1) is 17.9 Å². The average Bonchev–Trinajstić information content (AvgIpc) is 2.66. The second-order valence-electron chi connectivity index (χ2n) is 5.47. The molecule has 0 atom stereocenters. The van der Waals surface area contributed by atoms with Gasteiger partial charge in [0.15, 0.2) is 0 Å². The SMILES string of the molecule is CNCc1nnn(CCN(C)C)c1CCC(C)C. The van der Waals surface area contributed by atoms with Gasteiger partial charge in [-0.3, -0.25) is 0 Å². The Hall–Kier alpha value is -0.940. The fraction of sp³-hybridized carbons (Fsp3) is 0.846. The van der Waals surface area contributed by atoms with Gasteiger partial charge < -0.3 is 10.2 Å². The number of likely N-dealkylation sites (N-methyl/N-ethyl adjacent to an activating group) is 1. The van der Waals surface area contributed by atoms with E-state index in [-0.39, 0.29) is 0 Å². The van der Waals surface area contributed by atoms with Gasteiger partial charge in [0, 0.05) is 13.1 Å². The summed E-state index contributed by atoms with van der Waals surface area (Å²) in [6.07, 6.45) is 2.25. The van der Waals surface area contributed by atoms with Gasteiger partial charge in [0.25, 0.3) is 0 Å². The van der Waals surface area contributed by atoms with Gasteiger partial charge in [0.2, 0.25) is 0 Å². The zero-order chi connectivity index (χ0) is 13.5. The normalized spacial score (nSPS) is 11.7. The Balaban J connectivity index is 2.74. The highest BCUT2D eigenvalue weighted by molar-refractivity contribution is 5.10. The molecule has 0 radical (unpaired) electrons. The highest BCUT2D eigenvalue weighted by Gasteiger charge is 2.12. The van der Waals surface area contributed by atoms with Crippen molar-refractivity contribution in [1.82, 2.24) is 25.2 Å². The summed E-state index contributed by atoms with van der Waals surface area (Å²) in [4.78, 5) is 2.17. The van der Waals surface area contributed by atoms with Crippen molar-refractivity contribution in [3.63, 3.8) is 0 Å². The molecule has 0 spiro atoms. The maximum atomic E-state index is 4.29. The Morgan fingerprint density at radius 2 is 2.06 bits per heavy atom. The molecule has 1 N–H and O–H groups in total. The van der Waals surface area contributed by atoms with Crippen molar-refractivity contribution >= 4 is 0 Å². The second kappa shape index (κ2) is 7.48. The molecule has 1 aromatic rings. The van der Waals surface area contributed by atoms with Gasteiger partial charge in [-0.05, 0) is 39.9 Å². The van der Waals surface area contributed by atoms with Gasteiger partial charge >= 0.3 is 0 Å². The van der Waals surface area contributed by atoms with Crippen LogP contribution in [0.5, 0.6) is 0 Å². The van der Waals surface area contributed by atoms with E-state index in [1.54, 1.807) is 0 Å². The quantitative estimate of drug-likeness (QED) is 0.755. The van der Waals surface area contributed by atoms with Crippen molar-refractivity contribution in [2.24, 2.45) is 5.92 Å². The van der Waals surface area contributed by atoms with E-state index in [0.29, 0.717) is 5.92 Å². The Morgan fingerprint density at radius 3 is 2.61 bits per heavy atom. The molecule has 0 amide bonds. The Morgan fingerprint density at radius 1 is 1.33 bits per heavy atom. The van der Waals surface area contributed by atoms with Gasteiger partial charge in [0.1, 0.15) is 0 Å². The highest BCUT2D eigenvalue weighted by atomic mass is 15.4. The maximum absolute atomic E-state index is 4.29. The second-order valence-corrected chi connectivity index (χ2v) is 5.47. The monoisotopic (exact) mass is 253 g/mol. The van der Waals surface area contributed by atoms with Crippen LogP contribution in [0.25, 0.3) is 0 Å². The number of hydrogen-bond acceptors (Lipinski definition) is 4. The van der Waals surface area contributed by atoms with Crippen LogP contribution >= 0.6 is 0 Å². The minimum absolute atomic E-state index is 0.713. The third kappa shape index (κ3) is 4.74. The third-order valence-electron chi connectivity index (χ3n) is 2.98. The lowest BCUT2D eigenvalue weighted by Crippen LogP contribution is -2.20. The van der Waals surface area contributed by atoms with Gasteiger partial charge in [-0.1, -0.05) is 19.1 Å². The topological polar surface area (TPSA) is 46.0 Å². The van der Waals surface area contributed by atoms with Crippen molar-refractivity contribution < 1.29 is 0 Å². The van der Waals surface area contributed by atoms with Crippen LogP contribution in [0, 0.1) is 5.92 Å². The van der Waals surface area contributed by atoms with Crippen LogP contribution in [0.3, 0.4) is 0 Å². The van der Waals surface area contributed by atoms with Crippen LogP contribution in [0.15, 0.2) is 0 Å². The van der Waals surface area contributed by atoms with E-state index in [1.807, 2.05) is 7.05 Å². The third-order valence-corrected chi connectivity index (χ3v) is 2.98. The zero-order valence-corrected chi connectivity index (χ0v) is 12.4. The van der Waals surface area contributed by atoms with Crippen LogP contribution in [0.1, 0.15) is 31.7 Å². The Labute approximate surface area is 111 Å². The van der Waals surface area contributed by atoms with E-state index in [0.717, 1.165) is 31.7 Å². The molecule has 0 saturated carbocycles. The summed E-state index contributed by atoms with van der Waals surface area (Å²) in [5.74, 6) is 0.713. The van der Waals surface area contributed by atoms with E-state index in [9.17, 15) is 0 Å². The summed E-state index contributed by atoms with van der Waals surface area (Å²) in [5.41, 5.74) is 2.39. The van der Waals surface area contributed by atoms with E-state index >= 15 is 0 Å². The van der Waals surface area contributed by atoms with E-state index in [2.05, 4.69) is 53.2 Å². The first-order valence-electron chi connectivity index (χ1n) is 6.75. The molecule has 0 bridgehead atoms. The first kappa shape index (κ1) is 15.1. The number of aromatic nitrogens is 3. The predicted molar refractivity (Wildman–Crippen MR) is 74.5 cm³/mol. The summed E-state index contributed by atoms with van der Waals surface area (Å²) < 4.78 is 2.06. The van der Waals surface area contributed by atoms with Crippen molar-refractivity contribution in [1.29, 1.82) is 0 Å². The molecule has 1 heterocycles. The lowest BCUT2D eigenvalue weighted by Gasteiger charge is -2.12. The molecular formula is C13H27N5. The summed E-state index contributed by atoms with van der Waals surface area (Å²) in [5, 5.41) is 11.7. The lowest BCUT2D eigenvalue weighted by molar-refractivity contribution is 0.365. The molecule has 0 saturated heterocycles. The van der Waals surface area contributed by atoms with Crippen LogP contribution in [-0.4, -0.2) is 47.6 Å². The van der Waals surface area contributed by atoms with Gasteiger partial charge in [-0.2, -0.15) is 0 Å². The largest absolute Gasteiger partial charge is 0.314 e. The lowest BCUT2D eigenvalue weighted by atomic mass is 10.1. The fourth-order valence-corrected chi connectivity index (χ4v) is 1.85. The molecule has 18 heavy (non-hydrogen) atoms. The molecule has 1 rings (SSSR count). The molecule has 5 heteroatoms. The first-order valence-corrected chi connectivity index (χ1v) is 6.75. The summed E-state index contributed by atoms with van der Waals surface area (Å²) in [7, 11) is 6.11. The predicted octanol–water partition coefficient (Wildman–Crippen LogP) is 1.15. The molecule has 5 nitrogen and oxygen atoms in total. The molecule has 0 aliphatic heterocycles. The molecule has 0 aromatic carbocycles. The van der Waals surface area contributed by atoms with E-state index in [1.165, 1.54) is 12.1 Å². The zero-order valence-electron chi connectivity index (χ0n) is 12.4. The van der Waals surface area contributed by atoms with E-state index < -0.39 is 0 Å². The van der Waals surface area contributed by atoms with E-state index in [4.69, 9.17) is 0 Å². The Kier molecular flexibility index (Phi) is 6.29. The molecule has 104 valence electrons. The molecule has 0 fully saturated rings. The van der Waals surface area contributed by atoms with Crippen molar-refractivity contribution in [3.8, 4) is 0 Å². The first-order chi connectivity index (χ1) is 8.54. The minimum atomic E-state index is 0.713. The van der Waals surface area contributed by atoms with Gasteiger partial charge in [-0.15, -0.1) is 5.10 Å². The van der Waals surface area contributed by atoms with Gasteiger partial charge in [-0.25, -0.2) is 4.68 Å². The molecule has 0 aliphatic carbocycles. The number of rotatable bonds is 8. The average molecular weight is 253 g/mol. The van der Waals surface area contributed by atoms with Crippen molar-refractivity contribution in [3.05, 3.63) is 11.4 Å². The number of hydrogen-bond donors (Lipinski definition) is 1. The Bertz CT molecular complexity index is 343. The molecule has 0 aliphatic rings. The maximum Gasteiger partial charge on any atom is 0.0996 e. The van der Waals surface area contributed by atoms with Crippen LogP contribution in [-0.2, 0) is 19.5 Å². The molecule has 1 aromatic heterocycles. The van der Waals surface area contributed by atoms with Crippen molar-refractivity contribution in [2.45, 2.75) is 39.8 Å². The van der Waals surface area contributed by atoms with Crippen molar-refractivity contribution in [2.75, 3.05) is 27.7 Å². The van der Waals surface area contributed by atoms with Crippen LogP contribution < -0.4 is 5.32 Å². The standard InChI is InChI=1S/C13H27N5/c1-11(2)6-7-13-12(10-14-3)15-16-18(13)9-8-17(4)5/h11,14H,6-10H2,1-5H3. The summed E-state index contributed by atoms with van der Waals surface area (Å²) >= 11 is 0. The smallest absolute Gasteiger partial charge is 0.0996 e. The molecule has 0 unspecified atom stereocenters. The molecular weight excluding hydrogens is 226 g/mol. The van der Waals surface area contributed by atoms with Crippen LogP contribution in [0.4, 0.5) is 0 Å². The fourth-order valence-electron chi connectivity index (χ4n) is 1.85. The summed E-state index contributed by atoms with van der Waals surface area (Å²) in [6, 6.07) is 0. The highest BCUT2D eigenvalue weighted by Crippen LogP contribution is 2.12. The number of nitrogens with one attached hydrogen (secondary N) is 1. The van der Waals surface area contributed by atoms with Crippen LogP contribution in [0.2, 0.25) is 0 Å². The minimum Gasteiger partial charge on any atom is -0.314 e.